The minimum Gasteiger partial charge on any atom is -0.426 e. The lowest BCUT2D eigenvalue weighted by molar-refractivity contribution is -0.139. The van der Waals surface area contributed by atoms with Gasteiger partial charge in [-0.05, 0) is 49.2 Å². The Bertz CT molecular complexity index is 752. The normalized spacial score (nSPS) is 14.8. The summed E-state index contributed by atoms with van der Waals surface area (Å²) in [5.74, 6) is 0.0600. The highest BCUT2D eigenvalue weighted by Gasteiger charge is 2.22. The molecule has 4 nitrogen and oxygen atoms in total. The number of ether oxygens (including phenoxy) is 1. The molecule has 2 aromatic rings. The number of hydrogen-bond acceptors (Lipinski definition) is 3. The Kier molecular flexibility index (Phi) is 5.71. The van der Waals surface area contributed by atoms with Crippen LogP contribution in [-0.2, 0) is 4.79 Å². The van der Waals surface area contributed by atoms with E-state index in [4.69, 9.17) is 16.3 Å². The monoisotopic (exact) mass is 357 g/mol. The van der Waals surface area contributed by atoms with Crippen molar-refractivity contribution in [1.29, 1.82) is 0 Å². The average Bonchev–Trinajstić information content (AvgIpc) is 2.64. The molecule has 0 bridgehead atoms. The molecule has 1 amide bonds. The number of carbonyl (C=O) groups excluding carboxylic acids is 2. The van der Waals surface area contributed by atoms with E-state index in [9.17, 15) is 9.59 Å². The Hall–Kier alpha value is -2.33. The van der Waals surface area contributed by atoms with Crippen LogP contribution in [0, 0.1) is 5.92 Å². The Morgan fingerprint density at radius 2 is 1.64 bits per heavy atom. The van der Waals surface area contributed by atoms with Crippen molar-refractivity contribution in [2.45, 2.75) is 32.1 Å². The molecule has 0 aliphatic heterocycles. The highest BCUT2D eigenvalue weighted by molar-refractivity contribution is 6.34. The highest BCUT2D eigenvalue weighted by Crippen LogP contribution is 2.26. The zero-order valence-electron chi connectivity index (χ0n) is 13.8. The summed E-state index contributed by atoms with van der Waals surface area (Å²) >= 11 is 6.02. The second-order valence-electron chi connectivity index (χ2n) is 6.21. The van der Waals surface area contributed by atoms with Crippen LogP contribution in [0.5, 0.6) is 5.75 Å². The molecule has 0 heterocycles. The van der Waals surface area contributed by atoms with Gasteiger partial charge in [-0.2, -0.15) is 0 Å². The van der Waals surface area contributed by atoms with E-state index in [1.54, 1.807) is 48.5 Å². The molecule has 1 N–H and O–H groups in total. The first-order valence-electron chi connectivity index (χ1n) is 8.51. The first kappa shape index (κ1) is 17.5. The van der Waals surface area contributed by atoms with Crippen LogP contribution in [0.3, 0.4) is 0 Å². The maximum absolute atomic E-state index is 12.2. The second kappa shape index (κ2) is 8.17. The predicted molar refractivity (Wildman–Crippen MR) is 98.1 cm³/mol. The zero-order valence-corrected chi connectivity index (χ0v) is 14.6. The van der Waals surface area contributed by atoms with Crippen LogP contribution in [0.2, 0.25) is 5.02 Å². The van der Waals surface area contributed by atoms with E-state index in [-0.39, 0.29) is 17.8 Å². The van der Waals surface area contributed by atoms with Gasteiger partial charge in [-0.1, -0.05) is 43.0 Å². The lowest BCUT2D eigenvalue weighted by Gasteiger charge is -2.19. The van der Waals surface area contributed by atoms with Gasteiger partial charge in [0.1, 0.15) is 5.75 Å². The summed E-state index contributed by atoms with van der Waals surface area (Å²) in [6, 6.07) is 13.6. The van der Waals surface area contributed by atoms with Crippen LogP contribution in [0.25, 0.3) is 0 Å². The Morgan fingerprint density at radius 3 is 2.32 bits per heavy atom. The standard InChI is InChI=1S/C20H20ClNO3/c21-18-9-5-4-8-17(18)19(23)22-15-10-12-16(13-11-15)25-20(24)14-6-2-1-3-7-14/h4-5,8-14H,1-3,6-7H2,(H,22,23). The van der Waals surface area contributed by atoms with Crippen molar-refractivity contribution in [1.82, 2.24) is 0 Å². The summed E-state index contributed by atoms with van der Waals surface area (Å²) in [6.07, 6.45) is 5.19. The third kappa shape index (κ3) is 4.60. The lowest BCUT2D eigenvalue weighted by atomic mass is 9.89. The van der Waals surface area contributed by atoms with Gasteiger partial charge in [0.05, 0.1) is 16.5 Å². The van der Waals surface area contributed by atoms with E-state index < -0.39 is 0 Å². The first-order chi connectivity index (χ1) is 12.1. The number of nitrogens with one attached hydrogen (secondary N) is 1. The summed E-state index contributed by atoms with van der Waals surface area (Å²) in [5, 5.41) is 3.18. The van der Waals surface area contributed by atoms with Gasteiger partial charge >= 0.3 is 5.97 Å². The quantitative estimate of drug-likeness (QED) is 0.613. The second-order valence-corrected chi connectivity index (χ2v) is 6.62. The summed E-state index contributed by atoms with van der Waals surface area (Å²) in [4.78, 5) is 24.4. The van der Waals surface area contributed by atoms with Crippen LogP contribution in [-0.4, -0.2) is 11.9 Å². The van der Waals surface area contributed by atoms with E-state index in [1.807, 2.05) is 0 Å². The molecule has 25 heavy (non-hydrogen) atoms. The van der Waals surface area contributed by atoms with Gasteiger partial charge in [-0.25, -0.2) is 0 Å². The number of amides is 1. The fraction of sp³-hybridized carbons (Fsp3) is 0.300. The summed E-state index contributed by atoms with van der Waals surface area (Å²) < 4.78 is 5.44. The van der Waals surface area contributed by atoms with Gasteiger partial charge in [0.25, 0.3) is 5.91 Å². The van der Waals surface area contributed by atoms with E-state index in [2.05, 4.69) is 5.32 Å². The third-order valence-electron chi connectivity index (χ3n) is 4.39. The van der Waals surface area contributed by atoms with Crippen molar-refractivity contribution in [3.8, 4) is 5.75 Å². The molecule has 0 atom stereocenters. The fourth-order valence-corrected chi connectivity index (χ4v) is 3.21. The molecule has 0 unspecified atom stereocenters. The van der Waals surface area contributed by atoms with Crippen LogP contribution < -0.4 is 10.1 Å². The molecular formula is C20H20ClNO3. The Morgan fingerprint density at radius 1 is 0.960 bits per heavy atom. The predicted octanol–water partition coefficient (Wildman–Crippen LogP) is 5.08. The summed E-state index contributed by atoms with van der Waals surface area (Å²) in [7, 11) is 0. The number of anilines is 1. The molecular weight excluding hydrogens is 338 g/mol. The van der Waals surface area contributed by atoms with Gasteiger partial charge in [-0.3, -0.25) is 9.59 Å². The largest absolute Gasteiger partial charge is 0.426 e. The van der Waals surface area contributed by atoms with Gasteiger partial charge in [0.15, 0.2) is 0 Å². The zero-order chi connectivity index (χ0) is 17.6. The minimum atomic E-state index is -0.280. The molecule has 1 aliphatic rings. The lowest BCUT2D eigenvalue weighted by Crippen LogP contribution is -2.22. The van der Waals surface area contributed by atoms with Crippen molar-refractivity contribution in [2.24, 2.45) is 5.92 Å². The smallest absolute Gasteiger partial charge is 0.314 e. The van der Waals surface area contributed by atoms with Gasteiger partial charge in [-0.15, -0.1) is 0 Å². The van der Waals surface area contributed by atoms with Crippen molar-refractivity contribution >= 4 is 29.2 Å². The first-order valence-corrected chi connectivity index (χ1v) is 8.89. The number of esters is 1. The number of rotatable bonds is 4. The van der Waals surface area contributed by atoms with Crippen LogP contribution >= 0.6 is 11.6 Å². The molecule has 1 aliphatic carbocycles. The van der Waals surface area contributed by atoms with E-state index in [0.29, 0.717) is 22.0 Å². The molecule has 0 spiro atoms. The number of carbonyl (C=O) groups is 2. The van der Waals surface area contributed by atoms with E-state index in [1.165, 1.54) is 6.42 Å². The third-order valence-corrected chi connectivity index (χ3v) is 4.72. The summed E-state index contributed by atoms with van der Waals surface area (Å²) in [6.45, 7) is 0. The van der Waals surface area contributed by atoms with E-state index in [0.717, 1.165) is 25.7 Å². The fourth-order valence-electron chi connectivity index (χ4n) is 2.99. The maximum atomic E-state index is 12.2. The van der Waals surface area contributed by atoms with Crippen molar-refractivity contribution < 1.29 is 14.3 Å². The number of hydrogen-bond donors (Lipinski definition) is 1. The van der Waals surface area contributed by atoms with E-state index >= 15 is 0 Å². The van der Waals surface area contributed by atoms with Crippen molar-refractivity contribution in [2.75, 3.05) is 5.32 Å². The number of halogens is 1. The highest BCUT2D eigenvalue weighted by atomic mass is 35.5. The SMILES string of the molecule is O=C(Nc1ccc(OC(=O)C2CCCCC2)cc1)c1ccccc1Cl. The van der Waals surface area contributed by atoms with Crippen LogP contribution in [0.1, 0.15) is 42.5 Å². The molecule has 2 aromatic carbocycles. The molecule has 0 aromatic heterocycles. The van der Waals surface area contributed by atoms with Gasteiger partial charge in [0, 0.05) is 5.69 Å². The van der Waals surface area contributed by atoms with Gasteiger partial charge in [0.2, 0.25) is 0 Å². The Labute approximate surface area is 152 Å². The molecule has 1 fully saturated rings. The number of benzene rings is 2. The van der Waals surface area contributed by atoms with Gasteiger partial charge < -0.3 is 10.1 Å². The Balaban J connectivity index is 1.59. The van der Waals surface area contributed by atoms with Crippen molar-refractivity contribution in [3.63, 3.8) is 0 Å². The molecule has 130 valence electrons. The molecule has 5 heteroatoms. The summed E-state index contributed by atoms with van der Waals surface area (Å²) in [5.41, 5.74) is 1.03. The molecule has 1 saturated carbocycles. The van der Waals surface area contributed by atoms with Crippen LogP contribution in [0.4, 0.5) is 5.69 Å². The average molecular weight is 358 g/mol. The molecule has 0 radical (unpaired) electrons. The van der Waals surface area contributed by atoms with Crippen LogP contribution in [0.15, 0.2) is 48.5 Å². The minimum absolute atomic E-state index is 0.00773. The maximum Gasteiger partial charge on any atom is 0.314 e. The van der Waals surface area contributed by atoms with Crippen molar-refractivity contribution in [3.05, 3.63) is 59.1 Å². The molecule has 3 rings (SSSR count). The molecule has 0 saturated heterocycles. The topological polar surface area (TPSA) is 55.4 Å².